The number of rotatable bonds is 39. The van der Waals surface area contributed by atoms with Crippen molar-refractivity contribution in [3.8, 4) is 0 Å². The first-order chi connectivity index (χ1) is 25.1. The molecule has 0 fully saturated rings. The van der Waals surface area contributed by atoms with E-state index < -0.39 is 13.9 Å². The van der Waals surface area contributed by atoms with Crippen molar-refractivity contribution in [1.82, 2.24) is 0 Å². The number of carbonyl (C=O) groups is 1. The normalized spacial score (nSPS) is 14.2. The van der Waals surface area contributed by atoms with Crippen LogP contribution < -0.4 is 4.89 Å². The second-order valence-corrected chi connectivity index (χ2v) is 16.8. The lowest BCUT2D eigenvalue weighted by Crippen LogP contribution is -2.37. The molecule has 0 bridgehead atoms. The molecule has 0 N–H and O–H groups in total. The predicted octanol–water partition coefficient (Wildman–Crippen LogP) is 11.6. The van der Waals surface area contributed by atoms with Crippen molar-refractivity contribution in [2.24, 2.45) is 0 Å². The molecule has 0 aliphatic carbocycles. The molecule has 0 amide bonds. The number of nitrogens with zero attached hydrogens (tertiary/aromatic N) is 1. The van der Waals surface area contributed by atoms with E-state index in [9.17, 15) is 14.3 Å². The van der Waals surface area contributed by atoms with E-state index in [1.165, 1.54) is 103 Å². The van der Waals surface area contributed by atoms with E-state index in [1.54, 1.807) is 0 Å². The fraction of sp³-hybridized carbons (Fsp3) is 0.837. The number of unbranched alkanes of at least 4 members (excludes halogenated alkanes) is 19. The van der Waals surface area contributed by atoms with Gasteiger partial charge in [0.15, 0.2) is 0 Å². The van der Waals surface area contributed by atoms with Crippen molar-refractivity contribution in [3.63, 3.8) is 0 Å². The topological polar surface area (TPSA) is 94.1 Å². The Morgan fingerprint density at radius 1 is 0.596 bits per heavy atom. The van der Waals surface area contributed by atoms with Gasteiger partial charge < -0.3 is 27.9 Å². The highest BCUT2D eigenvalue weighted by Crippen LogP contribution is 2.38. The van der Waals surface area contributed by atoms with Crippen LogP contribution in [-0.4, -0.2) is 70.7 Å². The van der Waals surface area contributed by atoms with Gasteiger partial charge in [0.2, 0.25) is 0 Å². The summed E-state index contributed by atoms with van der Waals surface area (Å²) in [7, 11) is 1.35. The molecule has 0 aromatic carbocycles. The number of esters is 1. The molecular weight excluding hydrogens is 673 g/mol. The summed E-state index contributed by atoms with van der Waals surface area (Å²) in [6.45, 7) is 5.27. The van der Waals surface area contributed by atoms with Gasteiger partial charge in [-0.1, -0.05) is 153 Å². The number of hydrogen-bond acceptors (Lipinski definition) is 7. The number of hydrogen-bond donors (Lipinski definition) is 0. The maximum absolute atomic E-state index is 12.4. The van der Waals surface area contributed by atoms with Crippen LogP contribution in [0.5, 0.6) is 0 Å². The number of likely N-dealkylation sites (N-methyl/N-ethyl adjacent to an activating group) is 1. The molecule has 0 radical (unpaired) electrons. The number of quaternary nitrogens is 1. The lowest BCUT2D eigenvalue weighted by Gasteiger charge is -2.28. The van der Waals surface area contributed by atoms with Crippen LogP contribution in [0.2, 0.25) is 0 Å². The van der Waals surface area contributed by atoms with E-state index in [1.807, 2.05) is 21.1 Å². The van der Waals surface area contributed by atoms with Crippen molar-refractivity contribution in [2.45, 2.75) is 180 Å². The van der Waals surface area contributed by atoms with E-state index in [4.69, 9.17) is 18.5 Å². The molecule has 52 heavy (non-hydrogen) atoms. The monoisotopic (exact) mass is 756 g/mol. The Bertz CT molecular complexity index is 931. The van der Waals surface area contributed by atoms with Crippen molar-refractivity contribution < 1.29 is 37.3 Å². The van der Waals surface area contributed by atoms with Gasteiger partial charge in [0.1, 0.15) is 19.3 Å². The highest BCUT2D eigenvalue weighted by Gasteiger charge is 2.20. The molecule has 2 atom stereocenters. The summed E-state index contributed by atoms with van der Waals surface area (Å²) in [4.78, 5) is 24.6. The standard InChI is InChI=1S/C43H82NO7P/c1-6-8-10-12-13-14-15-16-17-18-19-20-21-22-23-24-25-26-27-28-29-30-31-32-33-35-38-48-40-42(51-43(45)36-34-11-9-7-2)41-50-52(46,47)49-39-37-44(3,4)5/h15-16,18-19,21-22,42H,6-14,17,20,23-41H2,1-5H3/b16-15-,19-18-,22-21-. The third kappa shape index (κ3) is 39.9. The summed E-state index contributed by atoms with van der Waals surface area (Å²) < 4.78 is 34.2. The summed E-state index contributed by atoms with van der Waals surface area (Å²) in [6, 6.07) is 0. The third-order valence-electron chi connectivity index (χ3n) is 8.94. The zero-order chi connectivity index (χ0) is 38.4. The van der Waals surface area contributed by atoms with Crippen LogP contribution >= 0.6 is 7.82 Å². The van der Waals surface area contributed by atoms with Gasteiger partial charge in [-0.05, 0) is 51.4 Å². The molecule has 0 aliphatic heterocycles. The van der Waals surface area contributed by atoms with Gasteiger partial charge >= 0.3 is 5.97 Å². The summed E-state index contributed by atoms with van der Waals surface area (Å²) in [6.07, 6.45) is 42.2. The molecule has 0 aromatic heterocycles. The van der Waals surface area contributed by atoms with E-state index in [0.717, 1.165) is 51.4 Å². The van der Waals surface area contributed by atoms with Crippen molar-refractivity contribution in [3.05, 3.63) is 36.5 Å². The molecule has 0 aromatic rings. The van der Waals surface area contributed by atoms with Crippen molar-refractivity contribution >= 4 is 13.8 Å². The minimum absolute atomic E-state index is 0.0253. The Morgan fingerprint density at radius 3 is 1.58 bits per heavy atom. The maximum atomic E-state index is 12.4. The van der Waals surface area contributed by atoms with Gasteiger partial charge in [-0.2, -0.15) is 0 Å². The van der Waals surface area contributed by atoms with Crippen LogP contribution in [0.25, 0.3) is 0 Å². The third-order valence-corrected chi connectivity index (χ3v) is 9.91. The lowest BCUT2D eigenvalue weighted by molar-refractivity contribution is -0.870. The first-order valence-electron chi connectivity index (χ1n) is 21.2. The molecule has 0 aliphatic rings. The highest BCUT2D eigenvalue weighted by molar-refractivity contribution is 7.45. The quantitative estimate of drug-likeness (QED) is 0.0203. The van der Waals surface area contributed by atoms with E-state index in [-0.39, 0.29) is 25.8 Å². The Morgan fingerprint density at radius 2 is 1.06 bits per heavy atom. The van der Waals surface area contributed by atoms with E-state index in [0.29, 0.717) is 24.1 Å². The van der Waals surface area contributed by atoms with Crippen LogP contribution in [-0.2, 0) is 27.9 Å². The Labute approximate surface area is 321 Å². The molecule has 0 heterocycles. The number of ether oxygens (including phenoxy) is 2. The lowest BCUT2D eigenvalue weighted by atomic mass is 10.1. The van der Waals surface area contributed by atoms with Gasteiger partial charge in [-0.15, -0.1) is 0 Å². The summed E-state index contributed by atoms with van der Waals surface area (Å²) >= 11 is 0. The van der Waals surface area contributed by atoms with Gasteiger partial charge in [-0.25, -0.2) is 0 Å². The largest absolute Gasteiger partial charge is 0.756 e. The highest BCUT2D eigenvalue weighted by atomic mass is 31.2. The number of phosphoric ester groups is 1. The van der Waals surface area contributed by atoms with E-state index in [2.05, 4.69) is 50.3 Å². The fourth-order valence-corrected chi connectivity index (χ4v) is 6.34. The van der Waals surface area contributed by atoms with Crippen molar-refractivity contribution in [1.29, 1.82) is 0 Å². The van der Waals surface area contributed by atoms with Gasteiger partial charge in [0.05, 0.1) is 34.4 Å². The second-order valence-electron chi connectivity index (χ2n) is 15.4. The van der Waals surface area contributed by atoms with Gasteiger partial charge in [0.25, 0.3) is 7.82 Å². The van der Waals surface area contributed by atoms with E-state index >= 15 is 0 Å². The first-order valence-corrected chi connectivity index (χ1v) is 22.7. The summed E-state index contributed by atoms with van der Waals surface area (Å²) in [5.41, 5.74) is 0. The average Bonchev–Trinajstić information content (AvgIpc) is 3.09. The smallest absolute Gasteiger partial charge is 0.306 e. The zero-order valence-corrected chi connectivity index (χ0v) is 35.4. The minimum atomic E-state index is -4.50. The van der Waals surface area contributed by atoms with Crippen LogP contribution in [0.15, 0.2) is 36.5 Å². The molecule has 9 heteroatoms. The Kier molecular flexibility index (Phi) is 35.8. The minimum Gasteiger partial charge on any atom is -0.756 e. The number of carbonyl (C=O) groups excluding carboxylic acids is 1. The van der Waals surface area contributed by atoms with Crippen LogP contribution in [0.3, 0.4) is 0 Å². The molecule has 306 valence electrons. The Hall–Kier alpha value is -1.28. The maximum Gasteiger partial charge on any atom is 0.306 e. The van der Waals surface area contributed by atoms with Crippen LogP contribution in [0, 0.1) is 0 Å². The molecule has 0 saturated carbocycles. The first kappa shape index (κ1) is 50.7. The Balaban J connectivity index is 3.88. The second kappa shape index (κ2) is 36.7. The molecule has 0 rings (SSSR count). The summed E-state index contributed by atoms with van der Waals surface area (Å²) in [5, 5.41) is 0. The summed E-state index contributed by atoms with van der Waals surface area (Å²) in [5.74, 6) is -0.353. The van der Waals surface area contributed by atoms with Gasteiger partial charge in [0, 0.05) is 13.0 Å². The number of allylic oxidation sites excluding steroid dienone is 6. The van der Waals surface area contributed by atoms with Crippen LogP contribution in [0.4, 0.5) is 0 Å². The molecule has 0 saturated heterocycles. The molecule has 8 nitrogen and oxygen atoms in total. The predicted molar refractivity (Wildman–Crippen MR) is 217 cm³/mol. The van der Waals surface area contributed by atoms with Crippen molar-refractivity contribution in [2.75, 3.05) is 54.1 Å². The molecule has 0 spiro atoms. The molecular formula is C43H82NO7P. The average molecular weight is 756 g/mol. The van der Waals surface area contributed by atoms with Crippen LogP contribution in [0.1, 0.15) is 174 Å². The zero-order valence-electron chi connectivity index (χ0n) is 34.5. The fourth-order valence-electron chi connectivity index (χ4n) is 5.61. The number of phosphoric acid groups is 1. The SMILES string of the molecule is CCCCCCC/C=C\C/C=C\C/C=C\CCCCCCCCCCCCCOCC(COP(=O)([O-])OCC[N+](C)(C)C)OC(=O)CCCCCC. The van der Waals surface area contributed by atoms with Gasteiger partial charge in [-0.3, -0.25) is 9.36 Å². The molecule has 2 unspecified atom stereocenters.